The molecule has 48 heavy (non-hydrogen) atoms. The van der Waals surface area contributed by atoms with Crippen LogP contribution < -0.4 is 16.0 Å². The van der Waals surface area contributed by atoms with Crippen molar-refractivity contribution in [3.05, 3.63) is 136 Å². The van der Waals surface area contributed by atoms with Crippen LogP contribution in [-0.2, 0) is 9.59 Å². The van der Waals surface area contributed by atoms with Crippen molar-refractivity contribution < 1.29 is 14.4 Å². The van der Waals surface area contributed by atoms with E-state index in [1.54, 1.807) is 42.6 Å². The molecule has 0 aliphatic carbocycles. The number of benzene rings is 4. The lowest BCUT2D eigenvalue weighted by Gasteiger charge is -2.15. The summed E-state index contributed by atoms with van der Waals surface area (Å²) in [6, 6.07) is 31.6. The molecule has 2 heterocycles. The van der Waals surface area contributed by atoms with Crippen molar-refractivity contribution in [2.45, 2.75) is 23.5 Å². The number of hydrogen-bond donors (Lipinski definition) is 4. The summed E-state index contributed by atoms with van der Waals surface area (Å²) in [7, 11) is 0. The molecule has 0 radical (unpaired) electrons. The first-order valence-corrected chi connectivity index (χ1v) is 17.7. The molecule has 0 saturated carbocycles. The van der Waals surface area contributed by atoms with Crippen molar-refractivity contribution in [3.63, 3.8) is 0 Å². The standard InChI is InChI=1S/C37H30BrN5O3S2/c1-2-33(36(46)43-37-42-32(22-47-37)23-15-17-26(38)18-16-23)48-28-12-8-11-27(20-28)40-35(45)31(41-34(44)24-9-4-3-5-10-24)19-25-21-39-30-14-7-6-13-29(25)30/h3-22,33,39H,2H2,1H3,(H,40,45)(H,41,44)(H,42,43,46)/b31-19-. The molecule has 0 saturated heterocycles. The lowest BCUT2D eigenvalue weighted by atomic mass is 10.1. The summed E-state index contributed by atoms with van der Waals surface area (Å²) in [6.45, 7) is 1.95. The smallest absolute Gasteiger partial charge is 0.272 e. The molecule has 8 nitrogen and oxygen atoms in total. The highest BCUT2D eigenvalue weighted by Crippen LogP contribution is 2.31. The highest BCUT2D eigenvalue weighted by Gasteiger charge is 2.21. The van der Waals surface area contributed by atoms with E-state index in [0.29, 0.717) is 22.8 Å². The molecule has 6 aromatic rings. The Balaban J connectivity index is 1.16. The van der Waals surface area contributed by atoms with Crippen LogP contribution >= 0.6 is 39.0 Å². The number of hydrogen-bond acceptors (Lipinski definition) is 6. The number of amides is 3. The largest absolute Gasteiger partial charge is 0.361 e. The lowest BCUT2D eigenvalue weighted by molar-refractivity contribution is -0.116. The summed E-state index contributed by atoms with van der Waals surface area (Å²) in [6.07, 6.45) is 4.04. The summed E-state index contributed by atoms with van der Waals surface area (Å²) in [5, 5.41) is 11.7. The molecular formula is C37H30BrN5O3S2. The maximum absolute atomic E-state index is 13.7. The molecule has 1 unspecified atom stereocenters. The number of aromatic amines is 1. The first-order valence-electron chi connectivity index (χ1n) is 15.1. The van der Waals surface area contributed by atoms with Crippen LogP contribution in [0.1, 0.15) is 29.3 Å². The SMILES string of the molecule is CCC(Sc1cccc(NC(=O)/C(=C/c2c[nH]c3ccccc23)NC(=O)c2ccccc2)c1)C(=O)Nc1nc(-c2ccc(Br)cc2)cs1. The van der Waals surface area contributed by atoms with Crippen molar-refractivity contribution in [1.82, 2.24) is 15.3 Å². The minimum absolute atomic E-state index is 0.0865. The summed E-state index contributed by atoms with van der Waals surface area (Å²) < 4.78 is 0.985. The molecule has 4 aromatic carbocycles. The van der Waals surface area contributed by atoms with Gasteiger partial charge in [0.2, 0.25) is 5.91 Å². The highest BCUT2D eigenvalue weighted by atomic mass is 79.9. The average Bonchev–Trinajstić information content (AvgIpc) is 3.75. The second-order valence-electron chi connectivity index (χ2n) is 10.7. The molecule has 1 atom stereocenters. The number of halogens is 1. The van der Waals surface area contributed by atoms with Gasteiger partial charge in [-0.2, -0.15) is 0 Å². The number of anilines is 2. The molecular weight excluding hydrogens is 706 g/mol. The van der Waals surface area contributed by atoms with E-state index >= 15 is 0 Å². The minimum atomic E-state index is -0.484. The predicted octanol–water partition coefficient (Wildman–Crippen LogP) is 8.97. The van der Waals surface area contributed by atoms with Gasteiger partial charge in [-0.25, -0.2) is 4.98 Å². The van der Waals surface area contributed by atoms with Crippen LogP contribution in [0, 0.1) is 0 Å². The number of para-hydroxylation sites is 1. The third kappa shape index (κ3) is 8.11. The Morgan fingerprint density at radius 1 is 0.938 bits per heavy atom. The predicted molar refractivity (Wildman–Crippen MR) is 199 cm³/mol. The van der Waals surface area contributed by atoms with Crippen LogP contribution in [0.5, 0.6) is 0 Å². The second kappa shape index (κ2) is 15.3. The zero-order chi connectivity index (χ0) is 33.5. The minimum Gasteiger partial charge on any atom is -0.361 e. The van der Waals surface area contributed by atoms with E-state index in [-0.39, 0.29) is 11.6 Å². The lowest BCUT2D eigenvalue weighted by Crippen LogP contribution is -2.30. The summed E-state index contributed by atoms with van der Waals surface area (Å²) in [4.78, 5) is 48.7. The van der Waals surface area contributed by atoms with E-state index in [2.05, 4.69) is 41.8 Å². The van der Waals surface area contributed by atoms with E-state index in [1.165, 1.54) is 23.1 Å². The molecule has 11 heteroatoms. The Bertz CT molecular complexity index is 2110. The van der Waals surface area contributed by atoms with Gasteiger partial charge in [0, 0.05) is 54.2 Å². The van der Waals surface area contributed by atoms with E-state index in [1.807, 2.05) is 85.1 Å². The van der Waals surface area contributed by atoms with Crippen LogP contribution in [0.4, 0.5) is 10.8 Å². The fraction of sp³-hybridized carbons (Fsp3) is 0.0811. The van der Waals surface area contributed by atoms with Crippen molar-refractivity contribution in [1.29, 1.82) is 0 Å². The topological polar surface area (TPSA) is 116 Å². The Morgan fingerprint density at radius 3 is 2.50 bits per heavy atom. The molecule has 2 aromatic heterocycles. The normalized spacial score (nSPS) is 12.0. The van der Waals surface area contributed by atoms with Crippen molar-refractivity contribution in [2.24, 2.45) is 0 Å². The van der Waals surface area contributed by atoms with Gasteiger partial charge in [-0.15, -0.1) is 23.1 Å². The van der Waals surface area contributed by atoms with Crippen LogP contribution in [-0.4, -0.2) is 32.9 Å². The Morgan fingerprint density at radius 2 is 1.71 bits per heavy atom. The van der Waals surface area contributed by atoms with Gasteiger partial charge in [-0.1, -0.05) is 77.5 Å². The van der Waals surface area contributed by atoms with Crippen LogP contribution in [0.25, 0.3) is 28.2 Å². The van der Waals surface area contributed by atoms with E-state index in [0.717, 1.165) is 37.1 Å². The first kappa shape index (κ1) is 33.0. The molecule has 6 rings (SSSR count). The fourth-order valence-electron chi connectivity index (χ4n) is 4.91. The fourth-order valence-corrected chi connectivity index (χ4v) is 6.91. The molecule has 4 N–H and O–H groups in total. The van der Waals surface area contributed by atoms with Crippen molar-refractivity contribution >= 4 is 84.5 Å². The van der Waals surface area contributed by atoms with Gasteiger partial charge in [0.05, 0.1) is 10.9 Å². The number of nitrogens with one attached hydrogen (secondary N) is 4. The van der Waals surface area contributed by atoms with Crippen molar-refractivity contribution in [3.8, 4) is 11.3 Å². The third-order valence-electron chi connectivity index (χ3n) is 7.36. The molecule has 3 amide bonds. The average molecular weight is 737 g/mol. The zero-order valence-corrected chi connectivity index (χ0v) is 28.9. The third-order valence-corrected chi connectivity index (χ3v) is 10.0. The zero-order valence-electron chi connectivity index (χ0n) is 25.7. The maximum Gasteiger partial charge on any atom is 0.272 e. The molecule has 0 spiro atoms. The van der Waals surface area contributed by atoms with Crippen LogP contribution in [0.15, 0.2) is 130 Å². The highest BCUT2D eigenvalue weighted by molar-refractivity contribution is 9.10. The molecule has 0 bridgehead atoms. The number of nitrogens with zero attached hydrogens (tertiary/aromatic N) is 1. The molecule has 0 aliphatic rings. The molecule has 0 fully saturated rings. The number of carbonyl (C=O) groups excluding carboxylic acids is 3. The Hall–Kier alpha value is -4.97. The summed E-state index contributed by atoms with van der Waals surface area (Å²) in [5.41, 5.74) is 4.48. The monoisotopic (exact) mass is 735 g/mol. The first-order chi connectivity index (χ1) is 23.4. The van der Waals surface area contributed by atoms with Gasteiger partial charge >= 0.3 is 0 Å². The number of fused-ring (bicyclic) bond motifs is 1. The van der Waals surface area contributed by atoms with Crippen LogP contribution in [0.3, 0.4) is 0 Å². The quantitative estimate of drug-likeness (QED) is 0.0783. The summed E-state index contributed by atoms with van der Waals surface area (Å²) in [5.74, 6) is -1.04. The summed E-state index contributed by atoms with van der Waals surface area (Å²) >= 11 is 6.23. The van der Waals surface area contributed by atoms with Gasteiger partial charge in [-0.05, 0) is 61.0 Å². The molecule has 0 aliphatic heterocycles. The van der Waals surface area contributed by atoms with Gasteiger partial charge in [0.25, 0.3) is 11.8 Å². The Kier molecular flexibility index (Phi) is 10.5. The van der Waals surface area contributed by atoms with Gasteiger partial charge in [0.15, 0.2) is 5.13 Å². The van der Waals surface area contributed by atoms with E-state index in [4.69, 9.17) is 0 Å². The van der Waals surface area contributed by atoms with Crippen molar-refractivity contribution in [2.75, 3.05) is 10.6 Å². The number of thioether (sulfide) groups is 1. The van der Waals surface area contributed by atoms with E-state index in [9.17, 15) is 14.4 Å². The van der Waals surface area contributed by atoms with Gasteiger partial charge < -0.3 is 20.9 Å². The van der Waals surface area contributed by atoms with Crippen LogP contribution in [0.2, 0.25) is 0 Å². The number of carbonyl (C=O) groups is 3. The van der Waals surface area contributed by atoms with Gasteiger partial charge in [0.1, 0.15) is 5.70 Å². The number of aromatic nitrogens is 2. The maximum atomic E-state index is 13.7. The number of thiazole rings is 1. The Labute approximate surface area is 294 Å². The number of H-pyrrole nitrogens is 1. The second-order valence-corrected chi connectivity index (χ2v) is 13.7. The molecule has 240 valence electrons. The van der Waals surface area contributed by atoms with Gasteiger partial charge in [-0.3, -0.25) is 14.4 Å². The number of rotatable bonds is 11. The van der Waals surface area contributed by atoms with E-state index < -0.39 is 17.1 Å².